The van der Waals surface area contributed by atoms with Crippen LogP contribution in [0.5, 0.6) is 0 Å². The molecule has 2 aliphatic rings. The number of hydrogen-bond acceptors (Lipinski definition) is 3. The number of aliphatic carboxylic acids is 1. The zero-order valence-electron chi connectivity index (χ0n) is 9.32. The SMILES string of the molecule is CCC1NC(=O)NC2=C1C(=O)N(CC(=O)O)C2. The molecule has 0 aromatic carbocycles. The molecule has 17 heavy (non-hydrogen) atoms. The van der Waals surface area contributed by atoms with Gasteiger partial charge in [-0.2, -0.15) is 0 Å². The fraction of sp³-hybridized carbons (Fsp3) is 0.500. The van der Waals surface area contributed by atoms with Crippen LogP contribution in [-0.2, 0) is 9.59 Å². The molecule has 0 aromatic heterocycles. The molecule has 7 nitrogen and oxygen atoms in total. The maximum atomic E-state index is 12.0. The summed E-state index contributed by atoms with van der Waals surface area (Å²) >= 11 is 0. The van der Waals surface area contributed by atoms with Gasteiger partial charge in [0, 0.05) is 5.70 Å². The van der Waals surface area contributed by atoms with E-state index in [0.717, 1.165) is 0 Å². The second-order valence-corrected chi connectivity index (χ2v) is 4.01. The molecule has 0 radical (unpaired) electrons. The van der Waals surface area contributed by atoms with Crippen molar-refractivity contribution in [3.05, 3.63) is 11.3 Å². The lowest BCUT2D eigenvalue weighted by Crippen LogP contribution is -2.48. The van der Waals surface area contributed by atoms with Gasteiger partial charge in [0.15, 0.2) is 0 Å². The second kappa shape index (κ2) is 4.08. The molecule has 1 atom stereocenters. The molecular weight excluding hydrogens is 226 g/mol. The number of nitrogens with zero attached hydrogens (tertiary/aromatic N) is 1. The Labute approximate surface area is 97.5 Å². The average molecular weight is 239 g/mol. The van der Waals surface area contributed by atoms with Crippen LogP contribution in [0, 0.1) is 0 Å². The zero-order valence-corrected chi connectivity index (χ0v) is 9.32. The molecule has 0 saturated heterocycles. The van der Waals surface area contributed by atoms with Gasteiger partial charge in [-0.3, -0.25) is 9.59 Å². The first-order valence-electron chi connectivity index (χ1n) is 5.34. The summed E-state index contributed by atoms with van der Waals surface area (Å²) in [5, 5.41) is 13.9. The molecule has 2 rings (SSSR count). The minimum absolute atomic E-state index is 0.157. The van der Waals surface area contributed by atoms with Gasteiger partial charge in [0.1, 0.15) is 6.54 Å². The first-order chi connectivity index (χ1) is 8.02. The lowest BCUT2D eigenvalue weighted by atomic mass is 10.0. The predicted molar refractivity (Wildman–Crippen MR) is 57.0 cm³/mol. The molecule has 0 aliphatic carbocycles. The predicted octanol–water partition coefficient (Wildman–Crippen LogP) is -0.741. The first-order valence-corrected chi connectivity index (χ1v) is 5.34. The lowest BCUT2D eigenvalue weighted by Gasteiger charge is -2.23. The Hall–Kier alpha value is -2.05. The van der Waals surface area contributed by atoms with Gasteiger partial charge >= 0.3 is 12.0 Å². The minimum atomic E-state index is -1.06. The van der Waals surface area contributed by atoms with Crippen LogP contribution in [0.4, 0.5) is 4.79 Å². The smallest absolute Gasteiger partial charge is 0.323 e. The van der Waals surface area contributed by atoms with E-state index in [1.54, 1.807) is 0 Å². The molecule has 3 N–H and O–H groups in total. The van der Waals surface area contributed by atoms with Crippen molar-refractivity contribution in [3.8, 4) is 0 Å². The van der Waals surface area contributed by atoms with E-state index in [9.17, 15) is 14.4 Å². The highest BCUT2D eigenvalue weighted by atomic mass is 16.4. The summed E-state index contributed by atoms with van der Waals surface area (Å²) in [6.45, 7) is 1.66. The highest BCUT2D eigenvalue weighted by Gasteiger charge is 2.39. The molecular formula is C10H13N3O4. The highest BCUT2D eigenvalue weighted by Crippen LogP contribution is 2.24. The molecule has 1 unspecified atom stereocenters. The van der Waals surface area contributed by atoms with Crippen LogP contribution in [0.3, 0.4) is 0 Å². The fourth-order valence-electron chi connectivity index (χ4n) is 2.11. The van der Waals surface area contributed by atoms with Gasteiger partial charge in [0.05, 0.1) is 18.2 Å². The van der Waals surface area contributed by atoms with Gasteiger partial charge in [0.25, 0.3) is 5.91 Å². The van der Waals surface area contributed by atoms with Crippen LogP contribution in [-0.4, -0.2) is 47.0 Å². The summed E-state index contributed by atoms with van der Waals surface area (Å²) in [6, 6.07) is -0.675. The van der Waals surface area contributed by atoms with Crippen LogP contribution in [0.25, 0.3) is 0 Å². The Kier molecular flexibility index (Phi) is 2.74. The minimum Gasteiger partial charge on any atom is -0.480 e. The third kappa shape index (κ3) is 1.95. The maximum absolute atomic E-state index is 12.0. The zero-order chi connectivity index (χ0) is 12.6. The molecule has 7 heteroatoms. The number of rotatable bonds is 3. The van der Waals surface area contributed by atoms with Crippen molar-refractivity contribution in [2.75, 3.05) is 13.1 Å². The summed E-state index contributed by atoms with van der Waals surface area (Å²) in [6.07, 6.45) is 0.596. The molecule has 0 spiro atoms. The third-order valence-corrected chi connectivity index (χ3v) is 2.84. The van der Waals surface area contributed by atoms with Crippen molar-refractivity contribution >= 4 is 17.9 Å². The van der Waals surface area contributed by atoms with Crippen molar-refractivity contribution in [1.82, 2.24) is 15.5 Å². The summed E-state index contributed by atoms with van der Waals surface area (Å²) in [5.41, 5.74) is 1.00. The van der Waals surface area contributed by atoms with Crippen LogP contribution in [0.2, 0.25) is 0 Å². The van der Waals surface area contributed by atoms with Crippen LogP contribution >= 0.6 is 0 Å². The van der Waals surface area contributed by atoms with E-state index >= 15 is 0 Å². The lowest BCUT2D eigenvalue weighted by molar-refractivity contribution is -0.142. The van der Waals surface area contributed by atoms with Gasteiger partial charge in [0.2, 0.25) is 0 Å². The summed E-state index contributed by atoms with van der Waals surface area (Å²) in [7, 11) is 0. The van der Waals surface area contributed by atoms with Crippen molar-refractivity contribution in [3.63, 3.8) is 0 Å². The number of amides is 3. The molecule has 0 fully saturated rings. The Balaban J connectivity index is 2.23. The molecule has 0 saturated carbocycles. The van der Waals surface area contributed by atoms with E-state index in [2.05, 4.69) is 10.6 Å². The monoisotopic (exact) mass is 239 g/mol. The van der Waals surface area contributed by atoms with E-state index in [1.165, 1.54) is 4.90 Å². The Morgan fingerprint density at radius 1 is 1.53 bits per heavy atom. The van der Waals surface area contributed by atoms with E-state index in [-0.39, 0.29) is 31.1 Å². The van der Waals surface area contributed by atoms with E-state index < -0.39 is 5.97 Å². The number of nitrogens with one attached hydrogen (secondary N) is 2. The number of carbonyl (C=O) groups excluding carboxylic acids is 2. The van der Waals surface area contributed by atoms with Crippen molar-refractivity contribution < 1.29 is 19.5 Å². The van der Waals surface area contributed by atoms with Gasteiger partial charge in [-0.15, -0.1) is 0 Å². The van der Waals surface area contributed by atoms with Crippen LogP contribution in [0.15, 0.2) is 11.3 Å². The standard InChI is InChI=1S/C10H13N3O4/c1-2-5-8-6(12-10(17)11-5)3-13(9(8)16)4-7(14)15/h5H,2-4H2,1H3,(H,14,15)(H2,11,12,17). The van der Waals surface area contributed by atoms with E-state index in [1.807, 2.05) is 6.92 Å². The Morgan fingerprint density at radius 3 is 2.82 bits per heavy atom. The van der Waals surface area contributed by atoms with E-state index in [4.69, 9.17) is 5.11 Å². The second-order valence-electron chi connectivity index (χ2n) is 4.01. The molecule has 3 amide bonds. The summed E-state index contributed by atoms with van der Waals surface area (Å²) < 4.78 is 0. The third-order valence-electron chi connectivity index (χ3n) is 2.84. The number of hydrogen-bond donors (Lipinski definition) is 3. The van der Waals surface area contributed by atoms with Gasteiger partial charge in [-0.1, -0.05) is 6.92 Å². The van der Waals surface area contributed by atoms with Crippen LogP contribution < -0.4 is 10.6 Å². The molecule has 2 aliphatic heterocycles. The molecule has 0 aromatic rings. The maximum Gasteiger partial charge on any atom is 0.323 e. The number of carbonyl (C=O) groups is 3. The topological polar surface area (TPSA) is 98.7 Å². The molecule has 2 heterocycles. The molecule has 92 valence electrons. The Bertz CT molecular complexity index is 429. The van der Waals surface area contributed by atoms with Crippen molar-refractivity contribution in [2.24, 2.45) is 0 Å². The Morgan fingerprint density at radius 2 is 2.24 bits per heavy atom. The fourth-order valence-corrected chi connectivity index (χ4v) is 2.11. The highest BCUT2D eigenvalue weighted by molar-refractivity contribution is 6.02. The number of carboxylic acid groups (broad SMARTS) is 1. The number of carboxylic acids is 1. The normalized spacial score (nSPS) is 23.4. The van der Waals surface area contributed by atoms with Crippen molar-refractivity contribution in [2.45, 2.75) is 19.4 Å². The summed E-state index contributed by atoms with van der Waals surface area (Å²) in [5.74, 6) is -1.38. The number of urea groups is 1. The quantitative estimate of drug-likeness (QED) is 0.604. The van der Waals surface area contributed by atoms with Crippen molar-refractivity contribution in [1.29, 1.82) is 0 Å². The van der Waals surface area contributed by atoms with Gasteiger partial charge in [-0.25, -0.2) is 4.79 Å². The molecule has 0 bridgehead atoms. The summed E-state index contributed by atoms with van der Waals surface area (Å²) in [4.78, 5) is 35.1. The van der Waals surface area contributed by atoms with Crippen LogP contribution in [0.1, 0.15) is 13.3 Å². The first kappa shape index (κ1) is 11.4. The average Bonchev–Trinajstić information content (AvgIpc) is 2.53. The largest absolute Gasteiger partial charge is 0.480 e. The van der Waals surface area contributed by atoms with E-state index in [0.29, 0.717) is 17.7 Å². The van der Waals surface area contributed by atoms with Gasteiger partial charge in [-0.05, 0) is 6.42 Å². The van der Waals surface area contributed by atoms with Gasteiger partial charge < -0.3 is 20.6 Å².